The van der Waals surface area contributed by atoms with E-state index in [4.69, 9.17) is 9.98 Å². The summed E-state index contributed by atoms with van der Waals surface area (Å²) in [7, 11) is 0. The molecule has 0 bridgehead atoms. The maximum Gasteiger partial charge on any atom is 0.111 e. The molecule has 0 aromatic heterocycles. The van der Waals surface area contributed by atoms with Gasteiger partial charge in [-0.15, -0.1) is 0 Å². The molecule has 140 valence electrons. The Labute approximate surface area is 171 Å². The van der Waals surface area contributed by atoms with Crippen LogP contribution in [0.4, 0.5) is 0 Å². The first-order valence-corrected chi connectivity index (χ1v) is 9.76. The molecule has 29 heavy (non-hydrogen) atoms. The van der Waals surface area contributed by atoms with Crippen LogP contribution in [0.5, 0.6) is 0 Å². The molecule has 0 radical (unpaired) electrons. The van der Waals surface area contributed by atoms with Gasteiger partial charge in [0.15, 0.2) is 0 Å². The van der Waals surface area contributed by atoms with E-state index in [1.54, 1.807) is 0 Å². The third-order valence-corrected chi connectivity index (χ3v) is 4.83. The highest BCUT2D eigenvalue weighted by Gasteiger charge is 2.13. The van der Waals surface area contributed by atoms with Gasteiger partial charge in [-0.2, -0.15) is 0 Å². The third kappa shape index (κ3) is 4.76. The van der Waals surface area contributed by atoms with Gasteiger partial charge in [0, 0.05) is 0 Å². The molecule has 0 atom stereocenters. The lowest BCUT2D eigenvalue weighted by molar-refractivity contribution is 0.853. The fraction of sp³-hybridized carbons (Fsp3) is 0.0741. The molecule has 0 aliphatic heterocycles. The Kier molecular flexibility index (Phi) is 6.07. The van der Waals surface area contributed by atoms with Gasteiger partial charge in [-0.25, -0.2) is 9.98 Å². The molecule has 0 spiro atoms. The van der Waals surface area contributed by atoms with Crippen LogP contribution in [0.1, 0.15) is 34.3 Å². The second kappa shape index (κ2) is 9.45. The molecule has 0 saturated heterocycles. The number of aliphatic imine (C=N–C) groups is 2. The van der Waals surface area contributed by atoms with E-state index in [9.17, 15) is 0 Å². The number of hydrogen-bond donors (Lipinski definition) is 0. The number of hydrogen-bond acceptors (Lipinski definition) is 2. The van der Waals surface area contributed by atoms with E-state index >= 15 is 0 Å². The van der Waals surface area contributed by atoms with Crippen molar-refractivity contribution in [1.29, 1.82) is 0 Å². The summed E-state index contributed by atoms with van der Waals surface area (Å²) in [6, 6.07) is 43.9. The molecule has 0 amide bonds. The average molecular weight is 374 g/mol. The number of nitrogens with zero attached hydrogens (tertiary/aromatic N) is 2. The fourth-order valence-electron chi connectivity index (χ4n) is 3.37. The van der Waals surface area contributed by atoms with Crippen LogP contribution < -0.4 is 0 Å². The zero-order chi connectivity index (χ0) is 19.7. The van der Waals surface area contributed by atoms with Crippen LogP contribution in [-0.4, -0.2) is 6.01 Å². The topological polar surface area (TPSA) is 24.7 Å². The first-order valence-electron chi connectivity index (χ1n) is 9.76. The fourth-order valence-corrected chi connectivity index (χ4v) is 3.37. The van der Waals surface area contributed by atoms with Crippen molar-refractivity contribution in [2.24, 2.45) is 9.98 Å². The second-order valence-electron chi connectivity index (χ2n) is 6.81. The SMILES string of the molecule is C(=NC(c1ccccc1)c1ccccc1)=NC(c1ccccc1)c1ccccc1. The standard InChI is InChI=1S/C27H22N2/c1-5-13-22(14-6-1)26(23-15-7-2-8-16-23)28-21-29-27(24-17-9-3-10-18-24)25-19-11-4-12-20-25/h1-20,26-27H. The molecular formula is C27H22N2. The minimum atomic E-state index is -0.131. The van der Waals surface area contributed by atoms with Crippen molar-refractivity contribution >= 4 is 6.01 Å². The largest absolute Gasteiger partial charge is 0.213 e. The molecule has 0 saturated carbocycles. The summed E-state index contributed by atoms with van der Waals surface area (Å²) in [5.41, 5.74) is 4.49. The van der Waals surface area contributed by atoms with Gasteiger partial charge in [-0.05, 0) is 22.3 Å². The number of benzene rings is 4. The van der Waals surface area contributed by atoms with E-state index in [0.717, 1.165) is 22.3 Å². The van der Waals surface area contributed by atoms with Crippen LogP contribution in [0, 0.1) is 0 Å². The Morgan fingerprint density at radius 2 is 0.621 bits per heavy atom. The van der Waals surface area contributed by atoms with Crippen molar-refractivity contribution in [2.45, 2.75) is 12.1 Å². The van der Waals surface area contributed by atoms with Crippen LogP contribution in [-0.2, 0) is 0 Å². The molecule has 0 aliphatic rings. The zero-order valence-corrected chi connectivity index (χ0v) is 16.1. The quantitative estimate of drug-likeness (QED) is 0.334. The summed E-state index contributed by atoms with van der Waals surface area (Å²) < 4.78 is 0. The second-order valence-corrected chi connectivity index (χ2v) is 6.81. The van der Waals surface area contributed by atoms with Crippen molar-refractivity contribution in [3.8, 4) is 0 Å². The average Bonchev–Trinajstić information content (AvgIpc) is 2.81. The maximum absolute atomic E-state index is 4.74. The smallest absolute Gasteiger partial charge is 0.111 e. The van der Waals surface area contributed by atoms with Crippen molar-refractivity contribution in [1.82, 2.24) is 0 Å². The number of rotatable bonds is 6. The van der Waals surface area contributed by atoms with Crippen molar-refractivity contribution in [2.75, 3.05) is 0 Å². The normalized spacial score (nSPS) is 10.6. The molecule has 4 rings (SSSR count). The highest BCUT2D eigenvalue weighted by Crippen LogP contribution is 2.27. The van der Waals surface area contributed by atoms with Gasteiger partial charge in [-0.3, -0.25) is 0 Å². The van der Waals surface area contributed by atoms with Crippen molar-refractivity contribution < 1.29 is 0 Å². The lowest BCUT2D eigenvalue weighted by atomic mass is 9.99. The molecule has 2 nitrogen and oxygen atoms in total. The summed E-state index contributed by atoms with van der Waals surface area (Å²) in [5, 5.41) is 0. The molecule has 2 heteroatoms. The molecular weight excluding hydrogens is 352 g/mol. The molecule has 4 aromatic rings. The van der Waals surface area contributed by atoms with Gasteiger partial charge in [0.05, 0.1) is 6.01 Å². The van der Waals surface area contributed by atoms with E-state index in [-0.39, 0.29) is 12.1 Å². The molecule has 0 fully saturated rings. The molecule has 0 aliphatic carbocycles. The Morgan fingerprint density at radius 3 is 0.862 bits per heavy atom. The van der Waals surface area contributed by atoms with Gasteiger partial charge in [0.2, 0.25) is 0 Å². The molecule has 0 heterocycles. The van der Waals surface area contributed by atoms with Crippen LogP contribution in [0.3, 0.4) is 0 Å². The minimum Gasteiger partial charge on any atom is -0.213 e. The van der Waals surface area contributed by atoms with Gasteiger partial charge in [0.25, 0.3) is 0 Å². The van der Waals surface area contributed by atoms with Gasteiger partial charge < -0.3 is 0 Å². The summed E-state index contributed by atoms with van der Waals surface area (Å²) in [6.07, 6.45) is 0. The maximum atomic E-state index is 4.74. The zero-order valence-electron chi connectivity index (χ0n) is 16.1. The van der Waals surface area contributed by atoms with Gasteiger partial charge in [0.1, 0.15) is 12.1 Å². The Morgan fingerprint density at radius 1 is 0.379 bits per heavy atom. The van der Waals surface area contributed by atoms with E-state index in [2.05, 4.69) is 54.5 Å². The summed E-state index contributed by atoms with van der Waals surface area (Å²) in [4.78, 5) is 9.48. The Bertz CT molecular complexity index is 902. The van der Waals surface area contributed by atoms with E-state index < -0.39 is 0 Å². The molecule has 4 aromatic carbocycles. The van der Waals surface area contributed by atoms with Crippen molar-refractivity contribution in [3.05, 3.63) is 144 Å². The van der Waals surface area contributed by atoms with Gasteiger partial charge in [-0.1, -0.05) is 121 Å². The lowest BCUT2D eigenvalue weighted by Crippen LogP contribution is -1.99. The van der Waals surface area contributed by atoms with Crippen LogP contribution >= 0.6 is 0 Å². The third-order valence-electron chi connectivity index (χ3n) is 4.83. The van der Waals surface area contributed by atoms with Crippen LogP contribution in [0.2, 0.25) is 0 Å². The predicted molar refractivity (Wildman–Crippen MR) is 119 cm³/mol. The van der Waals surface area contributed by atoms with Crippen LogP contribution in [0.15, 0.2) is 131 Å². The highest BCUT2D eigenvalue weighted by molar-refractivity contribution is 5.48. The minimum absolute atomic E-state index is 0.131. The summed E-state index contributed by atoms with van der Waals surface area (Å²) in [5.74, 6) is 0. The summed E-state index contributed by atoms with van der Waals surface area (Å²) in [6.45, 7) is 0. The first kappa shape index (κ1) is 18.6. The predicted octanol–water partition coefficient (Wildman–Crippen LogP) is 6.74. The Balaban J connectivity index is 1.73. The first-order chi connectivity index (χ1) is 14.4. The van der Waals surface area contributed by atoms with E-state index in [0.29, 0.717) is 0 Å². The molecule has 0 unspecified atom stereocenters. The monoisotopic (exact) mass is 374 g/mol. The van der Waals surface area contributed by atoms with E-state index in [1.165, 1.54) is 0 Å². The van der Waals surface area contributed by atoms with Gasteiger partial charge >= 0.3 is 0 Å². The van der Waals surface area contributed by atoms with E-state index in [1.807, 2.05) is 72.8 Å². The van der Waals surface area contributed by atoms with Crippen LogP contribution in [0.25, 0.3) is 0 Å². The lowest BCUT2D eigenvalue weighted by Gasteiger charge is -2.13. The Hall–Kier alpha value is -3.74. The highest BCUT2D eigenvalue weighted by atomic mass is 14.9. The summed E-state index contributed by atoms with van der Waals surface area (Å²) >= 11 is 0. The van der Waals surface area contributed by atoms with Crippen molar-refractivity contribution in [3.63, 3.8) is 0 Å². The molecule has 0 N–H and O–H groups in total.